The van der Waals surface area contributed by atoms with E-state index in [1.165, 1.54) is 6.92 Å². The molecule has 0 aliphatic heterocycles. The number of para-hydroxylation sites is 2. The first-order valence-electron chi connectivity index (χ1n) is 9.55. The SMILES string of the molecule is Cc1cccc(C)c1NC(=O)CNC(=O)[C@@H](C)OC(=O)c1ccc2ccccc2n1. The Hall–Kier alpha value is -3.74. The Kier molecular flexibility index (Phi) is 6.41. The van der Waals surface area contributed by atoms with Crippen LogP contribution in [-0.2, 0) is 14.3 Å². The standard InChI is InChI=1S/C23H23N3O4/c1-14-7-6-8-15(2)21(14)26-20(27)13-24-22(28)16(3)30-23(29)19-12-11-17-9-4-5-10-18(17)25-19/h4-12,16H,13H2,1-3H3,(H,24,28)(H,26,27)/t16-/m1/s1. The summed E-state index contributed by atoms with van der Waals surface area (Å²) in [6.45, 7) is 4.99. The van der Waals surface area contributed by atoms with Crippen LogP contribution in [0.1, 0.15) is 28.5 Å². The summed E-state index contributed by atoms with van der Waals surface area (Å²) in [5.74, 6) is -1.64. The van der Waals surface area contributed by atoms with Gasteiger partial charge in [-0.1, -0.05) is 42.5 Å². The first kappa shape index (κ1) is 21.0. The molecule has 7 nitrogen and oxygen atoms in total. The normalized spacial score (nSPS) is 11.6. The molecule has 0 unspecified atom stereocenters. The van der Waals surface area contributed by atoms with Gasteiger partial charge in [-0.05, 0) is 44.0 Å². The van der Waals surface area contributed by atoms with E-state index in [0.29, 0.717) is 5.52 Å². The number of carbonyl (C=O) groups excluding carboxylic acids is 3. The molecule has 0 radical (unpaired) electrons. The Bertz CT molecular complexity index is 1090. The summed E-state index contributed by atoms with van der Waals surface area (Å²) < 4.78 is 5.19. The molecule has 0 spiro atoms. The van der Waals surface area contributed by atoms with E-state index >= 15 is 0 Å². The Morgan fingerprint density at radius 2 is 1.67 bits per heavy atom. The summed E-state index contributed by atoms with van der Waals surface area (Å²) in [4.78, 5) is 41.0. The molecule has 0 saturated heterocycles. The Labute approximate surface area is 174 Å². The van der Waals surface area contributed by atoms with E-state index < -0.39 is 18.0 Å². The number of anilines is 1. The van der Waals surface area contributed by atoms with Gasteiger partial charge in [-0.3, -0.25) is 9.59 Å². The molecule has 1 atom stereocenters. The van der Waals surface area contributed by atoms with E-state index in [9.17, 15) is 14.4 Å². The van der Waals surface area contributed by atoms with Crippen LogP contribution in [0.4, 0.5) is 5.69 Å². The number of esters is 1. The number of pyridine rings is 1. The van der Waals surface area contributed by atoms with E-state index in [1.54, 1.807) is 18.2 Å². The highest BCUT2D eigenvalue weighted by molar-refractivity contribution is 5.97. The van der Waals surface area contributed by atoms with Crippen LogP contribution in [-0.4, -0.2) is 35.4 Å². The number of benzene rings is 2. The number of fused-ring (bicyclic) bond motifs is 1. The van der Waals surface area contributed by atoms with Gasteiger partial charge in [0.1, 0.15) is 5.69 Å². The highest BCUT2D eigenvalue weighted by atomic mass is 16.5. The van der Waals surface area contributed by atoms with Crippen LogP contribution < -0.4 is 10.6 Å². The molecule has 1 heterocycles. The van der Waals surface area contributed by atoms with Crippen molar-refractivity contribution in [2.24, 2.45) is 0 Å². The summed E-state index contributed by atoms with van der Waals surface area (Å²) in [6.07, 6.45) is -1.07. The van der Waals surface area contributed by atoms with Crippen molar-refractivity contribution >= 4 is 34.4 Å². The quantitative estimate of drug-likeness (QED) is 0.614. The van der Waals surface area contributed by atoms with E-state index in [0.717, 1.165) is 22.2 Å². The lowest BCUT2D eigenvalue weighted by atomic mass is 10.1. The van der Waals surface area contributed by atoms with E-state index in [2.05, 4.69) is 15.6 Å². The Morgan fingerprint density at radius 1 is 0.967 bits per heavy atom. The molecule has 3 rings (SSSR count). The fraction of sp³-hybridized carbons (Fsp3) is 0.217. The molecule has 0 fully saturated rings. The van der Waals surface area contributed by atoms with Gasteiger partial charge in [0.2, 0.25) is 5.91 Å². The van der Waals surface area contributed by atoms with Gasteiger partial charge in [0.15, 0.2) is 6.10 Å². The first-order valence-corrected chi connectivity index (χ1v) is 9.55. The maximum atomic E-state index is 12.3. The molecule has 2 N–H and O–H groups in total. The molecule has 3 aromatic rings. The van der Waals surface area contributed by atoms with Gasteiger partial charge in [0, 0.05) is 11.1 Å². The number of rotatable bonds is 6. The topological polar surface area (TPSA) is 97.4 Å². The number of hydrogen-bond donors (Lipinski definition) is 2. The van der Waals surface area contributed by atoms with Crippen molar-refractivity contribution in [2.75, 3.05) is 11.9 Å². The second-order valence-corrected chi connectivity index (χ2v) is 6.97. The molecule has 30 heavy (non-hydrogen) atoms. The number of nitrogens with one attached hydrogen (secondary N) is 2. The molecule has 0 bridgehead atoms. The van der Waals surface area contributed by atoms with Gasteiger partial charge in [-0.2, -0.15) is 0 Å². The largest absolute Gasteiger partial charge is 0.448 e. The summed E-state index contributed by atoms with van der Waals surface area (Å²) in [6, 6.07) is 16.4. The third kappa shape index (κ3) is 5.00. The van der Waals surface area contributed by atoms with Gasteiger partial charge in [-0.25, -0.2) is 9.78 Å². The monoisotopic (exact) mass is 405 g/mol. The molecular formula is C23H23N3O4. The van der Waals surface area contributed by atoms with Crippen molar-refractivity contribution in [3.63, 3.8) is 0 Å². The van der Waals surface area contributed by atoms with Crippen LogP contribution in [0.25, 0.3) is 10.9 Å². The van der Waals surface area contributed by atoms with Crippen molar-refractivity contribution in [3.8, 4) is 0 Å². The molecule has 7 heteroatoms. The van der Waals surface area contributed by atoms with Crippen molar-refractivity contribution in [3.05, 3.63) is 71.4 Å². The number of hydrogen-bond acceptors (Lipinski definition) is 5. The molecule has 0 aliphatic carbocycles. The summed E-state index contributed by atoms with van der Waals surface area (Å²) in [5.41, 5.74) is 3.35. The van der Waals surface area contributed by atoms with Crippen molar-refractivity contribution < 1.29 is 19.1 Å². The number of amides is 2. The summed E-state index contributed by atoms with van der Waals surface area (Å²) in [7, 11) is 0. The van der Waals surface area contributed by atoms with Crippen molar-refractivity contribution in [2.45, 2.75) is 26.9 Å². The van der Waals surface area contributed by atoms with Crippen LogP contribution in [0, 0.1) is 13.8 Å². The lowest BCUT2D eigenvalue weighted by Gasteiger charge is -2.14. The first-order chi connectivity index (χ1) is 14.3. The zero-order valence-corrected chi connectivity index (χ0v) is 17.1. The van der Waals surface area contributed by atoms with Gasteiger partial charge in [0.25, 0.3) is 5.91 Å². The Morgan fingerprint density at radius 3 is 2.40 bits per heavy atom. The maximum Gasteiger partial charge on any atom is 0.357 e. The molecule has 2 amide bonds. The van der Waals surface area contributed by atoms with Gasteiger partial charge >= 0.3 is 5.97 Å². The highest BCUT2D eigenvalue weighted by Gasteiger charge is 2.20. The average Bonchev–Trinajstić information content (AvgIpc) is 2.74. The Balaban J connectivity index is 1.53. The average molecular weight is 405 g/mol. The number of carbonyl (C=O) groups is 3. The molecular weight excluding hydrogens is 382 g/mol. The zero-order valence-electron chi connectivity index (χ0n) is 17.1. The van der Waals surface area contributed by atoms with Crippen LogP contribution in [0.2, 0.25) is 0 Å². The summed E-state index contributed by atoms with van der Waals surface area (Å²) in [5, 5.41) is 6.16. The van der Waals surface area contributed by atoms with Gasteiger partial charge in [0.05, 0.1) is 12.1 Å². The molecule has 0 saturated carbocycles. The van der Waals surface area contributed by atoms with Crippen LogP contribution >= 0.6 is 0 Å². The highest BCUT2D eigenvalue weighted by Crippen LogP contribution is 2.19. The minimum atomic E-state index is -1.07. The smallest absolute Gasteiger partial charge is 0.357 e. The lowest BCUT2D eigenvalue weighted by Crippen LogP contribution is -2.40. The van der Waals surface area contributed by atoms with Gasteiger partial charge in [-0.15, -0.1) is 0 Å². The number of aryl methyl sites for hydroxylation is 2. The predicted molar refractivity (Wildman–Crippen MR) is 114 cm³/mol. The molecule has 154 valence electrons. The van der Waals surface area contributed by atoms with Crippen LogP contribution in [0.3, 0.4) is 0 Å². The zero-order chi connectivity index (χ0) is 21.7. The van der Waals surface area contributed by atoms with Crippen LogP contribution in [0.15, 0.2) is 54.6 Å². The van der Waals surface area contributed by atoms with E-state index in [1.807, 2.05) is 50.2 Å². The number of ether oxygens (including phenoxy) is 1. The third-order valence-electron chi connectivity index (χ3n) is 4.63. The fourth-order valence-corrected chi connectivity index (χ4v) is 2.96. The van der Waals surface area contributed by atoms with Gasteiger partial charge < -0.3 is 15.4 Å². The van der Waals surface area contributed by atoms with E-state index in [4.69, 9.17) is 4.74 Å². The van der Waals surface area contributed by atoms with E-state index in [-0.39, 0.29) is 18.1 Å². The number of nitrogens with zero attached hydrogens (tertiary/aromatic N) is 1. The number of aromatic nitrogens is 1. The maximum absolute atomic E-state index is 12.3. The van der Waals surface area contributed by atoms with Crippen LogP contribution in [0.5, 0.6) is 0 Å². The predicted octanol–water partition coefficient (Wildman–Crippen LogP) is 3.15. The minimum absolute atomic E-state index is 0.112. The summed E-state index contributed by atoms with van der Waals surface area (Å²) >= 11 is 0. The molecule has 0 aliphatic rings. The molecule has 2 aromatic carbocycles. The lowest BCUT2D eigenvalue weighted by molar-refractivity contribution is -0.130. The third-order valence-corrected chi connectivity index (χ3v) is 4.63. The second kappa shape index (κ2) is 9.17. The van der Waals surface area contributed by atoms with Crippen molar-refractivity contribution in [1.29, 1.82) is 0 Å². The fourth-order valence-electron chi connectivity index (χ4n) is 2.96. The molecule has 1 aromatic heterocycles. The minimum Gasteiger partial charge on any atom is -0.448 e. The van der Waals surface area contributed by atoms with Crippen molar-refractivity contribution in [1.82, 2.24) is 10.3 Å². The second-order valence-electron chi connectivity index (χ2n) is 6.97.